The van der Waals surface area contributed by atoms with Gasteiger partial charge in [-0.05, 0) is 41.5 Å². The second-order valence-electron chi connectivity index (χ2n) is 8.33. The predicted octanol–water partition coefficient (Wildman–Crippen LogP) is 1.71. The average molecular weight is 410 g/mol. The van der Waals surface area contributed by atoms with Crippen molar-refractivity contribution in [3.63, 3.8) is 0 Å². The molecular formula is C24H29N2O4+. The monoisotopic (exact) mass is 409 g/mol. The van der Waals surface area contributed by atoms with Crippen molar-refractivity contribution in [3.8, 4) is 17.2 Å². The minimum absolute atomic E-state index is 0.0817. The molecule has 0 saturated carbocycles. The van der Waals surface area contributed by atoms with Gasteiger partial charge in [0.15, 0.2) is 11.5 Å². The van der Waals surface area contributed by atoms with Gasteiger partial charge in [-0.2, -0.15) is 0 Å². The van der Waals surface area contributed by atoms with Crippen molar-refractivity contribution in [2.75, 3.05) is 46.0 Å². The van der Waals surface area contributed by atoms with E-state index < -0.39 is 0 Å². The van der Waals surface area contributed by atoms with E-state index in [1.807, 2.05) is 41.3 Å². The van der Waals surface area contributed by atoms with E-state index in [1.54, 1.807) is 4.90 Å². The van der Waals surface area contributed by atoms with Gasteiger partial charge in [0.2, 0.25) is 0 Å². The van der Waals surface area contributed by atoms with E-state index in [0.717, 1.165) is 53.4 Å². The van der Waals surface area contributed by atoms with E-state index in [4.69, 9.17) is 14.2 Å². The number of likely N-dealkylation sites (tertiary alicyclic amines) is 1. The Bertz CT molecular complexity index is 923. The zero-order valence-electron chi connectivity index (χ0n) is 17.3. The summed E-state index contributed by atoms with van der Waals surface area (Å²) in [4.78, 5) is 17.0. The van der Waals surface area contributed by atoms with Crippen LogP contribution in [0.2, 0.25) is 0 Å². The van der Waals surface area contributed by atoms with E-state index in [-0.39, 0.29) is 5.91 Å². The first-order valence-corrected chi connectivity index (χ1v) is 11.0. The summed E-state index contributed by atoms with van der Waals surface area (Å²) < 4.78 is 17.0. The molecule has 1 fully saturated rings. The zero-order valence-corrected chi connectivity index (χ0v) is 17.3. The number of quaternary nitrogens is 1. The predicted molar refractivity (Wildman–Crippen MR) is 113 cm³/mol. The molecule has 6 heteroatoms. The van der Waals surface area contributed by atoms with Gasteiger partial charge in [-0.25, -0.2) is 0 Å². The number of amides is 1. The molecule has 0 unspecified atom stereocenters. The molecule has 6 nitrogen and oxygen atoms in total. The Hall–Kier alpha value is -2.73. The molecule has 1 amide bonds. The fraction of sp³-hybridized carbons (Fsp3) is 0.458. The molecule has 5 rings (SSSR count). The lowest BCUT2D eigenvalue weighted by molar-refractivity contribution is -0.886. The van der Waals surface area contributed by atoms with Crippen LogP contribution < -0.4 is 19.1 Å². The molecular weight excluding hydrogens is 380 g/mol. The quantitative estimate of drug-likeness (QED) is 0.789. The summed E-state index contributed by atoms with van der Waals surface area (Å²) in [6.07, 6.45) is 3.45. The molecule has 0 bridgehead atoms. The first-order chi connectivity index (χ1) is 14.8. The molecule has 158 valence electrons. The molecule has 0 aliphatic carbocycles. The third-order valence-electron chi connectivity index (χ3n) is 6.25. The van der Waals surface area contributed by atoms with Crippen LogP contribution >= 0.6 is 0 Å². The highest BCUT2D eigenvalue weighted by Gasteiger charge is 2.23. The molecule has 0 spiro atoms. The van der Waals surface area contributed by atoms with Crippen LogP contribution in [0.25, 0.3) is 0 Å². The smallest absolute Gasteiger partial charge is 0.254 e. The van der Waals surface area contributed by atoms with Crippen molar-refractivity contribution in [1.82, 2.24) is 4.90 Å². The number of nitrogens with one attached hydrogen (secondary N) is 1. The third kappa shape index (κ3) is 4.10. The highest BCUT2D eigenvalue weighted by Crippen LogP contribution is 2.31. The van der Waals surface area contributed by atoms with Crippen molar-refractivity contribution >= 4 is 5.91 Å². The Labute approximate surface area is 177 Å². The highest BCUT2D eigenvalue weighted by molar-refractivity contribution is 5.94. The van der Waals surface area contributed by atoms with Gasteiger partial charge in [0.25, 0.3) is 5.91 Å². The van der Waals surface area contributed by atoms with Gasteiger partial charge in [0, 0.05) is 31.4 Å². The number of rotatable bonds is 6. The van der Waals surface area contributed by atoms with E-state index in [1.165, 1.54) is 25.9 Å². The van der Waals surface area contributed by atoms with E-state index in [0.29, 0.717) is 26.4 Å². The van der Waals surface area contributed by atoms with Crippen molar-refractivity contribution in [1.29, 1.82) is 0 Å². The van der Waals surface area contributed by atoms with Gasteiger partial charge in [-0.1, -0.05) is 6.07 Å². The summed E-state index contributed by atoms with van der Waals surface area (Å²) in [6.45, 7) is 6.57. The normalized spacial score (nSPS) is 17.5. The maximum Gasteiger partial charge on any atom is 0.254 e. The Balaban J connectivity index is 1.36. The lowest BCUT2D eigenvalue weighted by Crippen LogP contribution is -3.10. The Kier molecular flexibility index (Phi) is 5.49. The summed E-state index contributed by atoms with van der Waals surface area (Å²) in [6, 6.07) is 11.8. The number of fused-ring (bicyclic) bond motifs is 2. The van der Waals surface area contributed by atoms with Gasteiger partial charge in [0.1, 0.15) is 19.0 Å². The molecule has 3 aliphatic heterocycles. The first kappa shape index (κ1) is 19.2. The third-order valence-corrected chi connectivity index (χ3v) is 6.25. The van der Waals surface area contributed by atoms with Crippen molar-refractivity contribution in [3.05, 3.63) is 53.1 Å². The van der Waals surface area contributed by atoms with Gasteiger partial charge >= 0.3 is 0 Å². The fourth-order valence-electron chi connectivity index (χ4n) is 4.58. The number of hydrogen-bond donors (Lipinski definition) is 1. The van der Waals surface area contributed by atoms with Crippen LogP contribution in [0.3, 0.4) is 0 Å². The van der Waals surface area contributed by atoms with Gasteiger partial charge in [0.05, 0.1) is 32.8 Å². The molecule has 3 heterocycles. The molecule has 2 aromatic carbocycles. The average Bonchev–Trinajstić information content (AvgIpc) is 3.47. The van der Waals surface area contributed by atoms with Gasteiger partial charge < -0.3 is 24.0 Å². The lowest BCUT2D eigenvalue weighted by Gasteiger charge is -2.25. The summed E-state index contributed by atoms with van der Waals surface area (Å²) in [7, 11) is 0. The SMILES string of the molecule is O=C(c1ccc2c(c1)CCO2)N(CC[NH+]1CCCC1)Cc1ccc2c(c1)OCCO2. The van der Waals surface area contributed by atoms with Crippen LogP contribution in [0.15, 0.2) is 36.4 Å². The molecule has 2 aromatic rings. The summed E-state index contributed by atoms with van der Waals surface area (Å²) >= 11 is 0. The fourth-order valence-corrected chi connectivity index (χ4v) is 4.58. The summed E-state index contributed by atoms with van der Waals surface area (Å²) in [5, 5.41) is 0. The van der Waals surface area contributed by atoms with Crippen LogP contribution in [-0.4, -0.2) is 56.8 Å². The second kappa shape index (κ2) is 8.56. The number of carbonyl (C=O) groups is 1. The molecule has 30 heavy (non-hydrogen) atoms. The minimum atomic E-state index is 0.0817. The van der Waals surface area contributed by atoms with Crippen molar-refractivity contribution < 1.29 is 23.9 Å². The Morgan fingerprint density at radius 2 is 1.67 bits per heavy atom. The maximum atomic E-state index is 13.5. The maximum absolute atomic E-state index is 13.5. The topological polar surface area (TPSA) is 52.4 Å². The Morgan fingerprint density at radius 3 is 2.53 bits per heavy atom. The standard InChI is InChI=1S/C24H28N2O4/c27-24(20-4-6-21-19(16-20)7-12-28-21)26(11-10-25-8-1-2-9-25)17-18-3-5-22-23(15-18)30-14-13-29-22/h3-6,15-16H,1-2,7-14,17H2/p+1. The minimum Gasteiger partial charge on any atom is -0.493 e. The van der Waals surface area contributed by atoms with E-state index >= 15 is 0 Å². The van der Waals surface area contributed by atoms with Crippen LogP contribution in [0, 0.1) is 0 Å². The second-order valence-corrected chi connectivity index (χ2v) is 8.33. The number of benzene rings is 2. The first-order valence-electron chi connectivity index (χ1n) is 11.0. The molecule has 1 saturated heterocycles. The lowest BCUT2D eigenvalue weighted by atomic mass is 10.1. The molecule has 3 aliphatic rings. The van der Waals surface area contributed by atoms with Crippen LogP contribution in [-0.2, 0) is 13.0 Å². The number of carbonyl (C=O) groups excluding carboxylic acids is 1. The van der Waals surface area contributed by atoms with Crippen LogP contribution in [0.5, 0.6) is 17.2 Å². The van der Waals surface area contributed by atoms with Crippen LogP contribution in [0.4, 0.5) is 0 Å². The zero-order chi connectivity index (χ0) is 20.3. The van der Waals surface area contributed by atoms with Crippen molar-refractivity contribution in [2.24, 2.45) is 0 Å². The summed E-state index contributed by atoms with van der Waals surface area (Å²) in [5.41, 5.74) is 2.94. The largest absolute Gasteiger partial charge is 0.493 e. The Morgan fingerprint density at radius 1 is 0.900 bits per heavy atom. The number of ether oxygens (including phenoxy) is 3. The van der Waals surface area contributed by atoms with Gasteiger partial charge in [-0.3, -0.25) is 4.79 Å². The summed E-state index contributed by atoms with van der Waals surface area (Å²) in [5.74, 6) is 2.54. The highest BCUT2D eigenvalue weighted by atomic mass is 16.6. The van der Waals surface area contributed by atoms with E-state index in [9.17, 15) is 4.79 Å². The molecule has 0 radical (unpaired) electrons. The number of nitrogens with zero attached hydrogens (tertiary/aromatic N) is 1. The van der Waals surface area contributed by atoms with E-state index in [2.05, 4.69) is 0 Å². The molecule has 1 N–H and O–H groups in total. The van der Waals surface area contributed by atoms with Crippen LogP contribution in [0.1, 0.15) is 34.3 Å². The van der Waals surface area contributed by atoms with Crippen molar-refractivity contribution in [2.45, 2.75) is 25.8 Å². The number of hydrogen-bond acceptors (Lipinski definition) is 4. The molecule has 0 atom stereocenters. The molecule has 0 aromatic heterocycles. The van der Waals surface area contributed by atoms with Gasteiger partial charge in [-0.15, -0.1) is 0 Å².